The van der Waals surface area contributed by atoms with Gasteiger partial charge in [-0.05, 0) is 12.1 Å². The first-order chi connectivity index (χ1) is 5.95. The molecular weight excluding hydrogens is 183 g/mol. The van der Waals surface area contributed by atoms with E-state index in [0.717, 1.165) is 5.69 Å². The zero-order valence-corrected chi connectivity index (χ0v) is 6.75. The summed E-state index contributed by atoms with van der Waals surface area (Å²) in [7, 11) is 0. The van der Waals surface area contributed by atoms with E-state index in [1.807, 2.05) is 30.3 Å². The second-order valence-corrected chi connectivity index (χ2v) is 2.18. The summed E-state index contributed by atoms with van der Waals surface area (Å²) in [5.41, 5.74) is 6.18. The van der Waals surface area contributed by atoms with Gasteiger partial charge in [-0.3, -0.25) is 0 Å². The van der Waals surface area contributed by atoms with E-state index in [1.54, 1.807) is 0 Å². The molecule has 0 amide bonds. The number of nitrogens with two attached hydrogens (primary N) is 1. The van der Waals surface area contributed by atoms with Gasteiger partial charge in [-0.2, -0.15) is 13.2 Å². The molecule has 1 aromatic rings. The van der Waals surface area contributed by atoms with Crippen LogP contribution in [-0.4, -0.2) is 17.9 Å². The van der Waals surface area contributed by atoms with E-state index in [4.69, 9.17) is 10.8 Å². The molecule has 3 N–H and O–H groups in total. The molecule has 0 spiro atoms. The van der Waals surface area contributed by atoms with Crippen LogP contribution < -0.4 is 5.73 Å². The normalized spacial score (nSPS) is 10.2. The fourth-order valence-electron chi connectivity index (χ4n) is 0.453. The number of rotatable bonds is 0. The van der Waals surface area contributed by atoms with E-state index in [0.29, 0.717) is 0 Å². The van der Waals surface area contributed by atoms with Crippen molar-refractivity contribution in [2.45, 2.75) is 6.18 Å². The third-order valence-corrected chi connectivity index (χ3v) is 0.979. The van der Waals surface area contributed by atoms with Crippen LogP contribution >= 0.6 is 0 Å². The quantitative estimate of drug-likeness (QED) is 0.617. The van der Waals surface area contributed by atoms with Crippen molar-refractivity contribution in [1.82, 2.24) is 0 Å². The number of hydrogen-bond acceptors (Lipinski definition) is 2. The van der Waals surface area contributed by atoms with Gasteiger partial charge in [0.1, 0.15) is 6.61 Å². The molecule has 0 saturated heterocycles. The highest BCUT2D eigenvalue weighted by molar-refractivity contribution is 5.35. The van der Waals surface area contributed by atoms with Crippen molar-refractivity contribution in [2.75, 3.05) is 12.3 Å². The van der Waals surface area contributed by atoms with Crippen molar-refractivity contribution in [3.05, 3.63) is 30.3 Å². The fourth-order valence-corrected chi connectivity index (χ4v) is 0.453. The lowest BCUT2D eigenvalue weighted by molar-refractivity contribution is -0.159. The predicted octanol–water partition coefficient (Wildman–Crippen LogP) is 1.81. The number of benzene rings is 1. The van der Waals surface area contributed by atoms with Gasteiger partial charge in [0.2, 0.25) is 0 Å². The van der Waals surface area contributed by atoms with Gasteiger partial charge in [-0.25, -0.2) is 0 Å². The van der Waals surface area contributed by atoms with Crippen molar-refractivity contribution in [2.24, 2.45) is 0 Å². The number of para-hydroxylation sites is 1. The second kappa shape index (κ2) is 5.42. The Balaban J connectivity index is 0.000000226. The van der Waals surface area contributed by atoms with Crippen LogP contribution in [0.1, 0.15) is 0 Å². The molecule has 1 rings (SSSR count). The first-order valence-electron chi connectivity index (χ1n) is 3.44. The molecular formula is C8H10F3NO. The topological polar surface area (TPSA) is 46.2 Å². The van der Waals surface area contributed by atoms with Gasteiger partial charge in [0.15, 0.2) is 0 Å². The molecule has 0 aromatic heterocycles. The Hall–Kier alpha value is -1.23. The predicted molar refractivity (Wildman–Crippen MR) is 44.0 cm³/mol. The summed E-state index contributed by atoms with van der Waals surface area (Å²) in [6.07, 6.45) is -4.40. The van der Waals surface area contributed by atoms with Crippen LogP contribution in [0.4, 0.5) is 18.9 Å². The molecule has 0 fully saturated rings. The van der Waals surface area contributed by atoms with Gasteiger partial charge in [0.05, 0.1) is 0 Å². The van der Waals surface area contributed by atoms with Crippen LogP contribution in [0, 0.1) is 0 Å². The van der Waals surface area contributed by atoms with Gasteiger partial charge in [-0.15, -0.1) is 0 Å². The molecule has 13 heavy (non-hydrogen) atoms. The molecule has 0 aliphatic rings. The number of nitrogen functional groups attached to an aromatic ring is 1. The summed E-state index contributed by atoms with van der Waals surface area (Å²) in [5.74, 6) is 0. The molecule has 0 saturated carbocycles. The average Bonchev–Trinajstić information content (AvgIpc) is 2.06. The molecule has 0 unspecified atom stereocenters. The van der Waals surface area contributed by atoms with Crippen molar-refractivity contribution >= 4 is 5.69 Å². The largest absolute Gasteiger partial charge is 0.411 e. The van der Waals surface area contributed by atoms with Gasteiger partial charge in [0, 0.05) is 5.69 Å². The van der Waals surface area contributed by atoms with E-state index in [2.05, 4.69) is 0 Å². The van der Waals surface area contributed by atoms with E-state index in [9.17, 15) is 13.2 Å². The zero-order valence-electron chi connectivity index (χ0n) is 6.75. The highest BCUT2D eigenvalue weighted by Gasteiger charge is 2.24. The Bertz CT molecular complexity index is 223. The minimum absolute atomic E-state index is 0.822. The number of aliphatic hydroxyl groups excluding tert-OH is 1. The molecule has 0 aliphatic heterocycles. The molecule has 1 aromatic carbocycles. The first kappa shape index (κ1) is 11.8. The maximum atomic E-state index is 10.5. The lowest BCUT2D eigenvalue weighted by Gasteiger charge is -1.95. The van der Waals surface area contributed by atoms with Crippen LogP contribution in [0.3, 0.4) is 0 Å². The standard InChI is InChI=1S/C6H7N.C2H3F3O/c7-6-4-2-1-3-5-6;3-2(4,5)1-6/h1-5H,7H2;6H,1H2. The fraction of sp³-hybridized carbons (Fsp3) is 0.250. The summed E-state index contributed by atoms with van der Waals surface area (Å²) in [5, 5.41) is 7.28. The van der Waals surface area contributed by atoms with E-state index < -0.39 is 12.8 Å². The van der Waals surface area contributed by atoms with Crippen LogP contribution in [0.5, 0.6) is 0 Å². The van der Waals surface area contributed by atoms with E-state index >= 15 is 0 Å². The smallest absolute Gasteiger partial charge is 0.399 e. The van der Waals surface area contributed by atoms with Crippen molar-refractivity contribution in [1.29, 1.82) is 0 Å². The maximum absolute atomic E-state index is 10.5. The molecule has 0 aliphatic carbocycles. The van der Waals surface area contributed by atoms with Gasteiger partial charge < -0.3 is 10.8 Å². The Morgan fingerprint density at radius 3 is 1.69 bits per heavy atom. The van der Waals surface area contributed by atoms with Crippen molar-refractivity contribution in [3.8, 4) is 0 Å². The molecule has 2 nitrogen and oxygen atoms in total. The lowest BCUT2D eigenvalue weighted by atomic mass is 10.3. The summed E-state index contributed by atoms with van der Waals surface area (Å²) in [6, 6.07) is 9.49. The van der Waals surface area contributed by atoms with E-state index in [-0.39, 0.29) is 0 Å². The zero-order chi connectivity index (χ0) is 10.3. The Kier molecular flexibility index (Phi) is 4.91. The van der Waals surface area contributed by atoms with Gasteiger partial charge in [0.25, 0.3) is 0 Å². The second-order valence-electron chi connectivity index (χ2n) is 2.18. The van der Waals surface area contributed by atoms with Gasteiger partial charge in [-0.1, -0.05) is 18.2 Å². The molecule has 0 atom stereocenters. The number of halogens is 3. The van der Waals surface area contributed by atoms with Crippen LogP contribution in [0.2, 0.25) is 0 Å². The molecule has 0 radical (unpaired) electrons. The van der Waals surface area contributed by atoms with Crippen LogP contribution in [0.25, 0.3) is 0 Å². The number of alkyl halides is 3. The molecule has 74 valence electrons. The Labute approximate surface area is 73.8 Å². The molecule has 0 bridgehead atoms. The number of aliphatic hydroxyl groups is 1. The van der Waals surface area contributed by atoms with Crippen LogP contribution in [0.15, 0.2) is 30.3 Å². The number of hydrogen-bond donors (Lipinski definition) is 2. The molecule has 0 heterocycles. The summed E-state index contributed by atoms with van der Waals surface area (Å²) in [6.45, 7) is -1.73. The monoisotopic (exact) mass is 193 g/mol. The highest BCUT2D eigenvalue weighted by Crippen LogP contribution is 2.11. The summed E-state index contributed by atoms with van der Waals surface area (Å²) < 4.78 is 31.6. The third kappa shape index (κ3) is 8.68. The summed E-state index contributed by atoms with van der Waals surface area (Å²) in [4.78, 5) is 0. The lowest BCUT2D eigenvalue weighted by Crippen LogP contribution is -2.12. The minimum Gasteiger partial charge on any atom is -0.399 e. The highest BCUT2D eigenvalue weighted by atomic mass is 19.4. The van der Waals surface area contributed by atoms with E-state index in [1.165, 1.54) is 0 Å². The molecule has 5 heteroatoms. The third-order valence-electron chi connectivity index (χ3n) is 0.979. The van der Waals surface area contributed by atoms with Gasteiger partial charge >= 0.3 is 6.18 Å². The first-order valence-corrected chi connectivity index (χ1v) is 3.44. The average molecular weight is 193 g/mol. The van der Waals surface area contributed by atoms with Crippen molar-refractivity contribution < 1.29 is 18.3 Å². The van der Waals surface area contributed by atoms with Crippen molar-refractivity contribution in [3.63, 3.8) is 0 Å². The number of anilines is 1. The SMILES string of the molecule is Nc1ccccc1.OCC(F)(F)F. The minimum atomic E-state index is -4.40. The Morgan fingerprint density at radius 1 is 1.15 bits per heavy atom. The maximum Gasteiger partial charge on any atom is 0.411 e. The van der Waals surface area contributed by atoms with Crippen LogP contribution in [-0.2, 0) is 0 Å². The Morgan fingerprint density at radius 2 is 1.54 bits per heavy atom. The summed E-state index contributed by atoms with van der Waals surface area (Å²) >= 11 is 0.